The first-order valence-corrected chi connectivity index (χ1v) is 10.7. The van der Waals surface area contributed by atoms with Crippen LogP contribution < -0.4 is 4.74 Å². The summed E-state index contributed by atoms with van der Waals surface area (Å²) in [6, 6.07) is 13.4. The second-order valence-electron chi connectivity index (χ2n) is 7.92. The maximum Gasteiger partial charge on any atom is 0.124 e. The van der Waals surface area contributed by atoms with Crippen LogP contribution in [0.15, 0.2) is 42.5 Å². The van der Waals surface area contributed by atoms with Crippen LogP contribution >= 0.6 is 11.6 Å². The first kappa shape index (κ1) is 21.6. The van der Waals surface area contributed by atoms with E-state index in [1.807, 2.05) is 36.4 Å². The van der Waals surface area contributed by atoms with Crippen molar-refractivity contribution in [3.05, 3.63) is 64.2 Å². The Labute approximate surface area is 181 Å². The van der Waals surface area contributed by atoms with Crippen molar-refractivity contribution in [3.63, 3.8) is 0 Å². The topological polar surface area (TPSA) is 88.4 Å². The summed E-state index contributed by atoms with van der Waals surface area (Å²) in [5.74, 6) is 0.821. The Balaban J connectivity index is 1.46. The summed E-state index contributed by atoms with van der Waals surface area (Å²) < 4.78 is 17.0. The highest BCUT2D eigenvalue weighted by Crippen LogP contribution is 2.34. The molecule has 0 radical (unpaired) electrons. The van der Waals surface area contributed by atoms with Crippen LogP contribution in [-0.2, 0) is 15.9 Å². The average molecular weight is 435 g/mol. The Kier molecular flexibility index (Phi) is 6.93. The van der Waals surface area contributed by atoms with Gasteiger partial charge in [-0.3, -0.25) is 0 Å². The molecule has 0 saturated carbocycles. The first-order chi connectivity index (χ1) is 14.5. The molecule has 4 rings (SSSR count). The smallest absolute Gasteiger partial charge is 0.124 e. The molecule has 2 aromatic rings. The van der Waals surface area contributed by atoms with E-state index in [-0.39, 0.29) is 19.1 Å². The number of ether oxygens (including phenoxy) is 3. The summed E-state index contributed by atoms with van der Waals surface area (Å²) in [6.07, 6.45) is -1.27. The Morgan fingerprint density at radius 3 is 2.57 bits per heavy atom. The van der Waals surface area contributed by atoms with Crippen molar-refractivity contribution in [2.24, 2.45) is 0 Å². The second kappa shape index (κ2) is 9.64. The minimum atomic E-state index is -0.885. The van der Waals surface area contributed by atoms with Crippen LogP contribution in [0.1, 0.15) is 35.6 Å². The zero-order valence-corrected chi connectivity index (χ0v) is 17.4. The minimum absolute atomic E-state index is 0.116. The lowest BCUT2D eigenvalue weighted by molar-refractivity contribution is -0.181. The highest BCUT2D eigenvalue weighted by molar-refractivity contribution is 6.31. The molecule has 30 heavy (non-hydrogen) atoms. The van der Waals surface area contributed by atoms with Crippen molar-refractivity contribution in [2.45, 2.75) is 49.8 Å². The van der Waals surface area contributed by atoms with Crippen molar-refractivity contribution in [1.29, 1.82) is 0 Å². The van der Waals surface area contributed by atoms with E-state index in [4.69, 9.17) is 25.8 Å². The SMILES string of the molecule is OCC1OC(c2ccc(Cl)c(Cc3ccc(O[C@H]4CCOC4)cc3)c2)C(O)CC1O. The van der Waals surface area contributed by atoms with Gasteiger partial charge in [-0.2, -0.15) is 0 Å². The minimum Gasteiger partial charge on any atom is -0.488 e. The third-order valence-corrected chi connectivity index (χ3v) is 6.04. The standard InChI is InChI=1S/C23H27ClO6/c24-19-6-3-15(23-21(27)11-20(26)22(12-25)30-23)10-16(19)9-14-1-4-17(5-2-14)29-18-7-8-28-13-18/h1-6,10,18,20-23,25-27H,7-9,11-13H2/t18-,20?,21?,22?,23?/m0/s1. The van der Waals surface area contributed by atoms with Gasteiger partial charge in [0.05, 0.1) is 32.0 Å². The molecule has 0 aliphatic carbocycles. The zero-order chi connectivity index (χ0) is 21.1. The van der Waals surface area contributed by atoms with Crippen LogP contribution in [-0.4, -0.2) is 59.6 Å². The van der Waals surface area contributed by atoms with Crippen LogP contribution in [0.5, 0.6) is 5.75 Å². The molecule has 6 nitrogen and oxygen atoms in total. The highest BCUT2D eigenvalue weighted by atomic mass is 35.5. The predicted molar refractivity (Wildman–Crippen MR) is 112 cm³/mol. The fraction of sp³-hybridized carbons (Fsp3) is 0.478. The molecule has 0 aromatic heterocycles. The molecule has 3 N–H and O–H groups in total. The summed E-state index contributed by atoms with van der Waals surface area (Å²) >= 11 is 6.42. The van der Waals surface area contributed by atoms with Crippen LogP contribution in [0, 0.1) is 0 Å². The third kappa shape index (κ3) is 4.97. The van der Waals surface area contributed by atoms with Crippen molar-refractivity contribution in [3.8, 4) is 5.75 Å². The fourth-order valence-corrected chi connectivity index (χ4v) is 4.15. The fourth-order valence-electron chi connectivity index (χ4n) is 3.97. The van der Waals surface area contributed by atoms with Gasteiger partial charge in [0.25, 0.3) is 0 Å². The van der Waals surface area contributed by atoms with Crippen LogP contribution in [0.3, 0.4) is 0 Å². The summed E-state index contributed by atoms with van der Waals surface area (Å²) in [5, 5.41) is 30.4. The summed E-state index contributed by atoms with van der Waals surface area (Å²) in [6.45, 7) is 1.08. The second-order valence-corrected chi connectivity index (χ2v) is 8.33. The maximum absolute atomic E-state index is 10.4. The number of hydrogen-bond donors (Lipinski definition) is 3. The molecule has 2 aliphatic rings. The van der Waals surface area contributed by atoms with Crippen molar-refractivity contribution >= 4 is 11.6 Å². The Hall–Kier alpha value is -1.67. The molecule has 0 spiro atoms. The predicted octanol–water partition coefficient (Wildman–Crippen LogP) is 2.64. The Bertz CT molecular complexity index is 836. The molecule has 2 aromatic carbocycles. The first-order valence-electron chi connectivity index (χ1n) is 10.3. The van der Waals surface area contributed by atoms with Crippen molar-refractivity contribution in [2.75, 3.05) is 19.8 Å². The van der Waals surface area contributed by atoms with Gasteiger partial charge in [-0.1, -0.05) is 35.9 Å². The van der Waals surface area contributed by atoms with Gasteiger partial charge in [-0.05, 0) is 41.3 Å². The van der Waals surface area contributed by atoms with Crippen molar-refractivity contribution in [1.82, 2.24) is 0 Å². The van der Waals surface area contributed by atoms with Crippen molar-refractivity contribution < 1.29 is 29.5 Å². The van der Waals surface area contributed by atoms with Gasteiger partial charge in [-0.25, -0.2) is 0 Å². The van der Waals surface area contributed by atoms with E-state index < -0.39 is 24.4 Å². The molecule has 7 heteroatoms. The number of aliphatic hydroxyl groups excluding tert-OH is 3. The van der Waals surface area contributed by atoms with Gasteiger partial charge in [0.2, 0.25) is 0 Å². The molecule has 162 valence electrons. The molecule has 0 amide bonds. The lowest BCUT2D eigenvalue weighted by Crippen LogP contribution is -2.44. The van der Waals surface area contributed by atoms with Crippen LogP contribution in [0.2, 0.25) is 5.02 Å². The van der Waals surface area contributed by atoms with E-state index in [0.29, 0.717) is 18.1 Å². The van der Waals surface area contributed by atoms with Gasteiger partial charge >= 0.3 is 0 Å². The molecular formula is C23H27ClO6. The quantitative estimate of drug-likeness (QED) is 0.647. The summed E-state index contributed by atoms with van der Waals surface area (Å²) in [7, 11) is 0. The van der Waals surface area contributed by atoms with Crippen LogP contribution in [0.4, 0.5) is 0 Å². The molecule has 4 unspecified atom stereocenters. The largest absolute Gasteiger partial charge is 0.488 e. The van der Waals surface area contributed by atoms with E-state index in [1.54, 1.807) is 6.07 Å². The number of halogens is 1. The van der Waals surface area contributed by atoms with E-state index in [9.17, 15) is 15.3 Å². The third-order valence-electron chi connectivity index (χ3n) is 5.67. The highest BCUT2D eigenvalue weighted by Gasteiger charge is 2.36. The zero-order valence-electron chi connectivity index (χ0n) is 16.6. The van der Waals surface area contributed by atoms with Gasteiger partial charge < -0.3 is 29.5 Å². The summed E-state index contributed by atoms with van der Waals surface area (Å²) in [4.78, 5) is 0. The molecule has 2 aliphatic heterocycles. The Morgan fingerprint density at radius 1 is 1.07 bits per heavy atom. The van der Waals surface area contributed by atoms with E-state index >= 15 is 0 Å². The van der Waals surface area contributed by atoms with Gasteiger partial charge in [0.15, 0.2) is 0 Å². The molecule has 2 heterocycles. The monoisotopic (exact) mass is 434 g/mol. The average Bonchev–Trinajstić information content (AvgIpc) is 3.24. The molecule has 0 bridgehead atoms. The molecule has 2 saturated heterocycles. The normalized spacial score (nSPS) is 29.1. The van der Waals surface area contributed by atoms with Gasteiger partial charge in [0, 0.05) is 17.9 Å². The number of benzene rings is 2. The molecule has 2 fully saturated rings. The molecular weight excluding hydrogens is 408 g/mol. The van der Waals surface area contributed by atoms with E-state index in [1.165, 1.54) is 0 Å². The van der Waals surface area contributed by atoms with Gasteiger partial charge in [0.1, 0.15) is 24.1 Å². The molecule has 5 atom stereocenters. The maximum atomic E-state index is 10.4. The number of hydrogen-bond acceptors (Lipinski definition) is 6. The van der Waals surface area contributed by atoms with Gasteiger partial charge in [-0.15, -0.1) is 0 Å². The van der Waals surface area contributed by atoms with Crippen LogP contribution in [0.25, 0.3) is 0 Å². The lowest BCUT2D eigenvalue weighted by Gasteiger charge is -2.37. The Morgan fingerprint density at radius 2 is 1.87 bits per heavy atom. The van der Waals surface area contributed by atoms with E-state index in [2.05, 4.69) is 0 Å². The number of aliphatic hydroxyl groups is 3. The lowest BCUT2D eigenvalue weighted by atomic mass is 9.92. The summed E-state index contributed by atoms with van der Waals surface area (Å²) in [5.41, 5.74) is 2.76. The van der Waals surface area contributed by atoms with E-state index in [0.717, 1.165) is 35.5 Å². The number of rotatable bonds is 6.